The second kappa shape index (κ2) is 6.44. The third-order valence-corrected chi connectivity index (χ3v) is 4.58. The Labute approximate surface area is 118 Å². The molecule has 19 heavy (non-hydrogen) atoms. The van der Waals surface area contributed by atoms with E-state index in [1.807, 2.05) is 0 Å². The van der Waals surface area contributed by atoms with E-state index in [0.29, 0.717) is 12.3 Å². The van der Waals surface area contributed by atoms with E-state index in [-0.39, 0.29) is 17.9 Å². The van der Waals surface area contributed by atoms with Crippen LogP contribution in [-0.4, -0.2) is 29.9 Å². The van der Waals surface area contributed by atoms with E-state index in [2.05, 4.69) is 36.5 Å². The fourth-order valence-electron chi connectivity index (χ4n) is 1.85. The Bertz CT molecular complexity index is 426. The highest BCUT2D eigenvalue weighted by Crippen LogP contribution is 2.44. The van der Waals surface area contributed by atoms with Gasteiger partial charge in [-0.25, -0.2) is 0 Å². The first-order chi connectivity index (χ1) is 9.13. The van der Waals surface area contributed by atoms with E-state index in [4.69, 9.17) is 5.11 Å². The zero-order valence-corrected chi connectivity index (χ0v) is 12.1. The van der Waals surface area contributed by atoms with Gasteiger partial charge in [0.1, 0.15) is 0 Å². The maximum absolute atomic E-state index is 11.7. The molecular formula is C15H21NO2S. The average molecular weight is 279 g/mol. The number of nitrogens with one attached hydrogen (secondary N) is 1. The van der Waals surface area contributed by atoms with E-state index in [1.54, 1.807) is 11.8 Å². The molecule has 0 spiro atoms. The van der Waals surface area contributed by atoms with Crippen LogP contribution in [0.5, 0.6) is 0 Å². The molecule has 0 saturated heterocycles. The van der Waals surface area contributed by atoms with Crippen molar-refractivity contribution in [1.29, 1.82) is 0 Å². The number of benzene rings is 1. The molecule has 0 aromatic heterocycles. The summed E-state index contributed by atoms with van der Waals surface area (Å²) in [6, 6.07) is 8.39. The first kappa shape index (κ1) is 14.4. The molecule has 0 unspecified atom stereocenters. The van der Waals surface area contributed by atoms with Crippen LogP contribution in [0.25, 0.3) is 0 Å². The summed E-state index contributed by atoms with van der Waals surface area (Å²) in [4.78, 5) is 11.7. The van der Waals surface area contributed by atoms with E-state index in [1.165, 1.54) is 11.1 Å². The molecule has 104 valence electrons. The minimum atomic E-state index is -0.00269. The molecule has 0 heterocycles. The molecular weight excluding hydrogens is 258 g/mol. The molecule has 1 amide bonds. The van der Waals surface area contributed by atoms with Gasteiger partial charge < -0.3 is 10.4 Å². The van der Waals surface area contributed by atoms with Crippen molar-refractivity contribution < 1.29 is 9.90 Å². The van der Waals surface area contributed by atoms with Gasteiger partial charge in [0.15, 0.2) is 0 Å². The first-order valence-electron chi connectivity index (χ1n) is 6.64. The monoisotopic (exact) mass is 279 g/mol. The zero-order chi connectivity index (χ0) is 13.7. The molecule has 0 radical (unpaired) electrons. The zero-order valence-electron chi connectivity index (χ0n) is 11.3. The molecule has 0 bridgehead atoms. The van der Waals surface area contributed by atoms with Gasteiger partial charge in [0.05, 0.1) is 12.4 Å². The van der Waals surface area contributed by atoms with Crippen molar-refractivity contribution in [2.24, 2.45) is 5.41 Å². The Kier molecular flexibility index (Phi) is 4.88. The number of aliphatic hydroxyl groups excluding tert-OH is 1. The summed E-state index contributed by atoms with van der Waals surface area (Å²) in [6.45, 7) is 2.87. The van der Waals surface area contributed by atoms with Crippen molar-refractivity contribution in [2.75, 3.05) is 18.9 Å². The van der Waals surface area contributed by atoms with Gasteiger partial charge in [-0.2, -0.15) is 0 Å². The topological polar surface area (TPSA) is 49.3 Å². The number of hydrogen-bond donors (Lipinski definition) is 2. The molecule has 0 atom stereocenters. The summed E-state index contributed by atoms with van der Waals surface area (Å²) >= 11 is 1.62. The van der Waals surface area contributed by atoms with Crippen molar-refractivity contribution >= 4 is 17.7 Å². The highest BCUT2D eigenvalue weighted by molar-refractivity contribution is 7.99. The SMILES string of the molecule is Cc1ccc(CSCC(=O)NCC2(CO)CC2)cc1. The Morgan fingerprint density at radius 2 is 2.05 bits per heavy atom. The Hall–Kier alpha value is -1.00. The van der Waals surface area contributed by atoms with Gasteiger partial charge in [-0.1, -0.05) is 29.8 Å². The molecule has 1 saturated carbocycles. The molecule has 2 rings (SSSR count). The number of carbonyl (C=O) groups excluding carboxylic acids is 1. The summed E-state index contributed by atoms with van der Waals surface area (Å²) in [5, 5.41) is 12.1. The van der Waals surface area contributed by atoms with Gasteiger partial charge in [-0.3, -0.25) is 4.79 Å². The van der Waals surface area contributed by atoms with E-state index >= 15 is 0 Å². The van der Waals surface area contributed by atoms with Crippen molar-refractivity contribution in [2.45, 2.75) is 25.5 Å². The van der Waals surface area contributed by atoms with Crippen LogP contribution in [-0.2, 0) is 10.5 Å². The Morgan fingerprint density at radius 3 is 2.63 bits per heavy atom. The highest BCUT2D eigenvalue weighted by Gasteiger charge is 2.41. The van der Waals surface area contributed by atoms with Crippen LogP contribution in [0.3, 0.4) is 0 Å². The summed E-state index contributed by atoms with van der Waals surface area (Å²) in [5.41, 5.74) is 2.50. The lowest BCUT2D eigenvalue weighted by Crippen LogP contribution is -2.33. The molecule has 1 aliphatic rings. The lowest BCUT2D eigenvalue weighted by molar-refractivity contribution is -0.118. The van der Waals surface area contributed by atoms with Gasteiger partial charge in [0.2, 0.25) is 5.91 Å². The lowest BCUT2D eigenvalue weighted by Gasteiger charge is -2.12. The number of hydrogen-bond acceptors (Lipinski definition) is 3. The van der Waals surface area contributed by atoms with E-state index in [9.17, 15) is 4.79 Å². The second-order valence-corrected chi connectivity index (χ2v) is 6.40. The summed E-state index contributed by atoms with van der Waals surface area (Å²) in [7, 11) is 0. The van der Waals surface area contributed by atoms with Crippen LogP contribution in [0, 0.1) is 12.3 Å². The number of aliphatic hydroxyl groups is 1. The normalized spacial score (nSPS) is 16.1. The minimum Gasteiger partial charge on any atom is -0.396 e. The van der Waals surface area contributed by atoms with Gasteiger partial charge in [-0.15, -0.1) is 11.8 Å². The predicted molar refractivity (Wildman–Crippen MR) is 79.1 cm³/mol. The lowest BCUT2D eigenvalue weighted by atomic mass is 10.1. The molecule has 1 aromatic rings. The number of aryl methyl sites for hydroxylation is 1. The smallest absolute Gasteiger partial charge is 0.230 e. The molecule has 1 fully saturated rings. The first-order valence-corrected chi connectivity index (χ1v) is 7.80. The van der Waals surface area contributed by atoms with Crippen LogP contribution < -0.4 is 5.32 Å². The molecule has 4 heteroatoms. The minimum absolute atomic E-state index is 0.00269. The van der Waals surface area contributed by atoms with Gasteiger partial charge in [0, 0.05) is 17.7 Å². The van der Waals surface area contributed by atoms with Crippen LogP contribution >= 0.6 is 11.8 Å². The van der Waals surface area contributed by atoms with Crippen molar-refractivity contribution in [3.05, 3.63) is 35.4 Å². The fraction of sp³-hybridized carbons (Fsp3) is 0.533. The highest BCUT2D eigenvalue weighted by atomic mass is 32.2. The van der Waals surface area contributed by atoms with Crippen molar-refractivity contribution in [3.8, 4) is 0 Å². The quantitative estimate of drug-likeness (QED) is 0.804. The molecule has 1 aliphatic carbocycles. The third kappa shape index (κ3) is 4.55. The molecule has 2 N–H and O–H groups in total. The maximum atomic E-state index is 11.7. The van der Waals surface area contributed by atoms with Crippen LogP contribution in [0.1, 0.15) is 24.0 Å². The van der Waals surface area contributed by atoms with E-state index < -0.39 is 0 Å². The number of thioether (sulfide) groups is 1. The summed E-state index contributed by atoms with van der Waals surface area (Å²) in [5.74, 6) is 1.41. The third-order valence-electron chi connectivity index (χ3n) is 3.58. The number of rotatable bonds is 7. The van der Waals surface area contributed by atoms with Gasteiger partial charge >= 0.3 is 0 Å². The van der Waals surface area contributed by atoms with Crippen molar-refractivity contribution in [3.63, 3.8) is 0 Å². The molecule has 3 nitrogen and oxygen atoms in total. The second-order valence-electron chi connectivity index (χ2n) is 5.41. The summed E-state index contributed by atoms with van der Waals surface area (Å²) < 4.78 is 0. The standard InChI is InChI=1S/C15H21NO2S/c1-12-2-4-13(5-3-12)8-19-9-14(18)16-10-15(11-17)6-7-15/h2-5,17H,6-11H2,1H3,(H,16,18). The molecule has 0 aliphatic heterocycles. The predicted octanol–water partition coefficient (Wildman–Crippen LogP) is 2.12. The largest absolute Gasteiger partial charge is 0.396 e. The van der Waals surface area contributed by atoms with Gasteiger partial charge in [0.25, 0.3) is 0 Å². The van der Waals surface area contributed by atoms with E-state index in [0.717, 1.165) is 18.6 Å². The Morgan fingerprint density at radius 1 is 1.37 bits per heavy atom. The molecule has 1 aromatic carbocycles. The van der Waals surface area contributed by atoms with Crippen molar-refractivity contribution in [1.82, 2.24) is 5.32 Å². The average Bonchev–Trinajstić information content (AvgIpc) is 3.19. The van der Waals surface area contributed by atoms with Gasteiger partial charge in [-0.05, 0) is 25.3 Å². The van der Waals surface area contributed by atoms with Crippen LogP contribution in [0.2, 0.25) is 0 Å². The summed E-state index contributed by atoms with van der Waals surface area (Å²) in [6.07, 6.45) is 2.06. The fourth-order valence-corrected chi connectivity index (χ4v) is 2.67. The Balaban J connectivity index is 1.62. The maximum Gasteiger partial charge on any atom is 0.230 e. The van der Waals surface area contributed by atoms with Crippen LogP contribution in [0.4, 0.5) is 0 Å². The van der Waals surface area contributed by atoms with Crippen LogP contribution in [0.15, 0.2) is 24.3 Å². The number of amides is 1. The number of carbonyl (C=O) groups is 1.